The Bertz CT molecular complexity index is 563. The van der Waals surface area contributed by atoms with Gasteiger partial charge in [0, 0.05) is 14.2 Å². The lowest BCUT2D eigenvalue weighted by atomic mass is 10.1. The Labute approximate surface area is 111 Å². The zero-order valence-corrected chi connectivity index (χ0v) is 11.0. The Morgan fingerprint density at radius 2 is 2.11 bits per heavy atom. The van der Waals surface area contributed by atoms with Gasteiger partial charge in [0.25, 0.3) is 0 Å². The van der Waals surface area contributed by atoms with Crippen LogP contribution >= 0.6 is 0 Å². The maximum Gasteiger partial charge on any atom is 0.214 e. The third-order valence-corrected chi connectivity index (χ3v) is 2.73. The smallest absolute Gasteiger partial charge is 0.214 e. The molecule has 0 fully saturated rings. The zero-order valence-electron chi connectivity index (χ0n) is 11.0. The Hall–Kier alpha value is -2.14. The molecule has 1 heterocycles. The van der Waals surface area contributed by atoms with E-state index in [0.717, 1.165) is 0 Å². The van der Waals surface area contributed by atoms with Gasteiger partial charge >= 0.3 is 0 Å². The molecular weight excluding hydrogens is 244 g/mol. The largest absolute Gasteiger partial charge is 0.490 e. The minimum absolute atomic E-state index is 0.104. The standard InChI is InChI=1S/C14H16N2O3/c1-16-10-15-9-12(16)14(17)11-5-3-4-6-13(11)19-8-7-18-2/h3-6,9-10H,7-8H2,1-2H3. The summed E-state index contributed by atoms with van der Waals surface area (Å²) in [5, 5.41) is 0. The molecule has 0 amide bonds. The molecule has 0 unspecified atom stereocenters. The van der Waals surface area contributed by atoms with Crippen LogP contribution in [-0.2, 0) is 11.8 Å². The number of ketones is 1. The van der Waals surface area contributed by atoms with Crippen molar-refractivity contribution in [2.75, 3.05) is 20.3 Å². The molecule has 0 radical (unpaired) electrons. The maximum atomic E-state index is 12.4. The number of carbonyl (C=O) groups excluding carboxylic acids is 1. The average molecular weight is 260 g/mol. The van der Waals surface area contributed by atoms with Crippen molar-refractivity contribution >= 4 is 5.78 Å². The number of nitrogens with zero attached hydrogens (tertiary/aromatic N) is 2. The first-order chi connectivity index (χ1) is 9.24. The number of hydrogen-bond donors (Lipinski definition) is 0. The molecule has 0 bridgehead atoms. The number of methoxy groups -OCH3 is 1. The quantitative estimate of drug-likeness (QED) is 0.585. The summed E-state index contributed by atoms with van der Waals surface area (Å²) in [5.41, 5.74) is 1.06. The molecule has 100 valence electrons. The fourth-order valence-electron chi connectivity index (χ4n) is 1.73. The zero-order chi connectivity index (χ0) is 13.7. The first-order valence-electron chi connectivity index (χ1n) is 5.96. The van der Waals surface area contributed by atoms with Gasteiger partial charge in [-0.05, 0) is 12.1 Å². The molecule has 5 heteroatoms. The molecule has 0 aliphatic carbocycles. The van der Waals surface area contributed by atoms with E-state index in [2.05, 4.69) is 4.98 Å². The second-order valence-electron chi connectivity index (χ2n) is 4.06. The number of imidazole rings is 1. The molecule has 0 aliphatic heterocycles. The summed E-state index contributed by atoms with van der Waals surface area (Å²) in [6.45, 7) is 0.889. The summed E-state index contributed by atoms with van der Waals surface area (Å²) in [6, 6.07) is 7.17. The van der Waals surface area contributed by atoms with Crippen LogP contribution in [0, 0.1) is 0 Å². The lowest BCUT2D eigenvalue weighted by molar-refractivity contribution is 0.102. The second kappa shape index (κ2) is 6.15. The fraction of sp³-hybridized carbons (Fsp3) is 0.286. The van der Waals surface area contributed by atoms with E-state index in [-0.39, 0.29) is 5.78 Å². The Kier molecular flexibility index (Phi) is 4.30. The van der Waals surface area contributed by atoms with Crippen molar-refractivity contribution in [3.05, 3.63) is 48.0 Å². The third-order valence-electron chi connectivity index (χ3n) is 2.73. The van der Waals surface area contributed by atoms with E-state index in [0.29, 0.717) is 30.2 Å². The Balaban J connectivity index is 2.24. The van der Waals surface area contributed by atoms with E-state index >= 15 is 0 Å². The van der Waals surface area contributed by atoms with Crippen LogP contribution < -0.4 is 4.74 Å². The summed E-state index contributed by atoms with van der Waals surface area (Å²) in [5.74, 6) is 0.457. The van der Waals surface area contributed by atoms with Gasteiger partial charge in [-0.2, -0.15) is 0 Å². The van der Waals surface area contributed by atoms with Gasteiger partial charge in [-0.25, -0.2) is 4.98 Å². The highest BCUT2D eigenvalue weighted by Crippen LogP contribution is 2.21. The first kappa shape index (κ1) is 13.3. The van der Waals surface area contributed by atoms with E-state index < -0.39 is 0 Å². The molecule has 0 N–H and O–H groups in total. The minimum atomic E-state index is -0.104. The van der Waals surface area contributed by atoms with Crippen LogP contribution in [0.4, 0.5) is 0 Å². The van der Waals surface area contributed by atoms with Crippen molar-refractivity contribution in [1.82, 2.24) is 9.55 Å². The monoisotopic (exact) mass is 260 g/mol. The van der Waals surface area contributed by atoms with Gasteiger partial charge in [0.15, 0.2) is 0 Å². The molecule has 5 nitrogen and oxygen atoms in total. The van der Waals surface area contributed by atoms with Crippen molar-refractivity contribution in [3.8, 4) is 5.75 Å². The van der Waals surface area contributed by atoms with Gasteiger partial charge in [-0.1, -0.05) is 12.1 Å². The number of para-hydroxylation sites is 1. The fourth-order valence-corrected chi connectivity index (χ4v) is 1.73. The molecule has 0 atom stereocenters. The first-order valence-corrected chi connectivity index (χ1v) is 5.96. The molecule has 0 spiro atoms. The predicted molar refractivity (Wildman–Crippen MR) is 70.5 cm³/mol. The van der Waals surface area contributed by atoms with E-state index in [9.17, 15) is 4.79 Å². The number of rotatable bonds is 6. The van der Waals surface area contributed by atoms with Crippen LogP contribution in [0.5, 0.6) is 5.75 Å². The van der Waals surface area contributed by atoms with Gasteiger partial charge in [-0.15, -0.1) is 0 Å². The van der Waals surface area contributed by atoms with Crippen molar-refractivity contribution in [2.45, 2.75) is 0 Å². The van der Waals surface area contributed by atoms with Crippen LogP contribution in [0.15, 0.2) is 36.8 Å². The SMILES string of the molecule is COCCOc1ccccc1C(=O)c1cncn1C. The number of hydrogen-bond acceptors (Lipinski definition) is 4. The molecule has 19 heavy (non-hydrogen) atoms. The third kappa shape index (κ3) is 3.00. The van der Waals surface area contributed by atoms with Crippen LogP contribution in [0.3, 0.4) is 0 Å². The number of benzene rings is 1. The highest BCUT2D eigenvalue weighted by molar-refractivity contribution is 6.09. The number of carbonyl (C=O) groups is 1. The van der Waals surface area contributed by atoms with E-state index in [1.54, 1.807) is 43.4 Å². The van der Waals surface area contributed by atoms with E-state index in [4.69, 9.17) is 9.47 Å². The molecule has 1 aromatic carbocycles. The van der Waals surface area contributed by atoms with Crippen molar-refractivity contribution in [1.29, 1.82) is 0 Å². The van der Waals surface area contributed by atoms with Crippen LogP contribution in [0.2, 0.25) is 0 Å². The highest BCUT2D eigenvalue weighted by Gasteiger charge is 2.16. The lowest BCUT2D eigenvalue weighted by Crippen LogP contribution is -2.11. The van der Waals surface area contributed by atoms with Crippen LogP contribution in [-0.4, -0.2) is 35.7 Å². The summed E-state index contributed by atoms with van der Waals surface area (Å²) < 4.78 is 12.2. The summed E-state index contributed by atoms with van der Waals surface area (Å²) >= 11 is 0. The van der Waals surface area contributed by atoms with Crippen LogP contribution in [0.1, 0.15) is 16.1 Å². The summed E-state index contributed by atoms with van der Waals surface area (Å²) in [6.07, 6.45) is 3.15. The maximum absolute atomic E-state index is 12.4. The topological polar surface area (TPSA) is 53.4 Å². The molecular formula is C14H16N2O3. The van der Waals surface area contributed by atoms with E-state index in [1.807, 2.05) is 12.1 Å². The normalized spacial score (nSPS) is 10.4. The van der Waals surface area contributed by atoms with Crippen LogP contribution in [0.25, 0.3) is 0 Å². The van der Waals surface area contributed by atoms with Crippen molar-refractivity contribution in [3.63, 3.8) is 0 Å². The molecule has 1 aromatic heterocycles. The summed E-state index contributed by atoms with van der Waals surface area (Å²) in [7, 11) is 3.39. The molecule has 0 aliphatic rings. The number of aryl methyl sites for hydroxylation is 1. The van der Waals surface area contributed by atoms with Crippen molar-refractivity contribution < 1.29 is 14.3 Å². The van der Waals surface area contributed by atoms with Gasteiger partial charge in [0.1, 0.15) is 18.1 Å². The second-order valence-corrected chi connectivity index (χ2v) is 4.06. The molecule has 0 saturated carbocycles. The Morgan fingerprint density at radius 1 is 1.32 bits per heavy atom. The summed E-state index contributed by atoms with van der Waals surface area (Å²) in [4.78, 5) is 16.4. The van der Waals surface area contributed by atoms with Gasteiger partial charge in [0.2, 0.25) is 5.78 Å². The number of aromatic nitrogens is 2. The molecule has 2 rings (SSSR count). The van der Waals surface area contributed by atoms with E-state index in [1.165, 1.54) is 0 Å². The van der Waals surface area contributed by atoms with Gasteiger partial charge < -0.3 is 14.0 Å². The molecule has 0 saturated heterocycles. The average Bonchev–Trinajstić information content (AvgIpc) is 2.85. The molecule has 2 aromatic rings. The predicted octanol–water partition coefficient (Wildman–Crippen LogP) is 1.68. The highest BCUT2D eigenvalue weighted by atomic mass is 16.5. The minimum Gasteiger partial charge on any atom is -0.490 e. The van der Waals surface area contributed by atoms with Gasteiger partial charge in [0.05, 0.1) is 24.7 Å². The number of ether oxygens (including phenoxy) is 2. The lowest BCUT2D eigenvalue weighted by Gasteiger charge is -2.10. The Morgan fingerprint density at radius 3 is 2.79 bits per heavy atom. The van der Waals surface area contributed by atoms with Crippen molar-refractivity contribution in [2.24, 2.45) is 7.05 Å². The van der Waals surface area contributed by atoms with Gasteiger partial charge in [-0.3, -0.25) is 4.79 Å².